The third kappa shape index (κ3) is 4.03. The molecule has 0 fully saturated rings. The highest BCUT2D eigenvalue weighted by atomic mass is 19.4. The molecule has 0 aliphatic carbocycles. The van der Waals surface area contributed by atoms with Crippen LogP contribution in [-0.2, 0) is 0 Å². The van der Waals surface area contributed by atoms with Crippen molar-refractivity contribution in [2.45, 2.75) is 6.36 Å². The normalized spacial score (nSPS) is 12.0. The van der Waals surface area contributed by atoms with E-state index in [4.69, 9.17) is 5.11 Å². The summed E-state index contributed by atoms with van der Waals surface area (Å²) in [5.41, 5.74) is 0.267. The summed E-state index contributed by atoms with van der Waals surface area (Å²) in [6.45, 7) is -0.236. The number of hydrogen-bond acceptors (Lipinski definition) is 2. The van der Waals surface area contributed by atoms with Crippen molar-refractivity contribution in [2.24, 2.45) is 0 Å². The maximum Gasteiger partial charge on any atom is 0.573 e. The van der Waals surface area contributed by atoms with Crippen molar-refractivity contribution in [3.05, 3.63) is 35.9 Å². The van der Waals surface area contributed by atoms with Crippen LogP contribution >= 0.6 is 0 Å². The van der Waals surface area contributed by atoms with Crippen LogP contribution in [0.4, 0.5) is 13.2 Å². The largest absolute Gasteiger partial charge is 0.573 e. The summed E-state index contributed by atoms with van der Waals surface area (Å²) in [5.74, 6) is -0.283. The van der Waals surface area contributed by atoms with Crippen LogP contribution in [0.25, 0.3) is 6.08 Å². The second-order valence-electron chi connectivity index (χ2n) is 2.67. The number of para-hydroxylation sites is 1. The summed E-state index contributed by atoms with van der Waals surface area (Å²) in [5, 5.41) is 8.50. The van der Waals surface area contributed by atoms with Gasteiger partial charge in [0.15, 0.2) is 0 Å². The second-order valence-corrected chi connectivity index (χ2v) is 2.67. The number of ether oxygens (including phenoxy) is 1. The Balaban J connectivity index is 2.91. The summed E-state index contributed by atoms with van der Waals surface area (Å²) in [4.78, 5) is 0. The van der Waals surface area contributed by atoms with Crippen molar-refractivity contribution < 1.29 is 23.0 Å². The van der Waals surface area contributed by atoms with Gasteiger partial charge in [0.25, 0.3) is 0 Å². The molecule has 0 aliphatic heterocycles. The maximum absolute atomic E-state index is 11.9. The molecular formula is C10H9F3O2. The molecule has 0 saturated heterocycles. The van der Waals surface area contributed by atoms with Gasteiger partial charge in [-0.3, -0.25) is 0 Å². The molecule has 0 radical (unpaired) electrons. The van der Waals surface area contributed by atoms with E-state index in [9.17, 15) is 13.2 Å². The number of benzene rings is 1. The Morgan fingerprint density at radius 2 is 1.93 bits per heavy atom. The highest BCUT2D eigenvalue weighted by Crippen LogP contribution is 2.26. The number of alkyl halides is 3. The van der Waals surface area contributed by atoms with Crippen LogP contribution in [0.5, 0.6) is 5.75 Å². The molecule has 5 heteroatoms. The van der Waals surface area contributed by atoms with Gasteiger partial charge in [-0.25, -0.2) is 0 Å². The fourth-order valence-corrected chi connectivity index (χ4v) is 1.02. The van der Waals surface area contributed by atoms with Gasteiger partial charge in [-0.15, -0.1) is 13.2 Å². The van der Waals surface area contributed by atoms with Gasteiger partial charge in [0.2, 0.25) is 0 Å². The number of aliphatic hydroxyl groups excluding tert-OH is 1. The molecule has 0 saturated carbocycles. The van der Waals surface area contributed by atoms with Crippen molar-refractivity contribution in [2.75, 3.05) is 6.61 Å². The molecule has 1 aromatic rings. The van der Waals surface area contributed by atoms with Gasteiger partial charge in [-0.2, -0.15) is 0 Å². The van der Waals surface area contributed by atoms with Gasteiger partial charge >= 0.3 is 6.36 Å². The third-order valence-electron chi connectivity index (χ3n) is 1.55. The van der Waals surface area contributed by atoms with Crippen molar-refractivity contribution in [3.8, 4) is 5.75 Å². The highest BCUT2D eigenvalue weighted by molar-refractivity contribution is 5.57. The smallest absolute Gasteiger partial charge is 0.405 e. The van der Waals surface area contributed by atoms with Gasteiger partial charge in [0, 0.05) is 5.56 Å². The first-order valence-corrected chi connectivity index (χ1v) is 4.15. The van der Waals surface area contributed by atoms with Gasteiger partial charge in [-0.1, -0.05) is 30.4 Å². The van der Waals surface area contributed by atoms with Crippen LogP contribution in [0.2, 0.25) is 0 Å². The fraction of sp³-hybridized carbons (Fsp3) is 0.200. The van der Waals surface area contributed by atoms with Crippen LogP contribution in [-0.4, -0.2) is 18.1 Å². The van der Waals surface area contributed by atoms with Crippen LogP contribution in [0, 0.1) is 0 Å². The highest BCUT2D eigenvalue weighted by Gasteiger charge is 2.31. The van der Waals surface area contributed by atoms with E-state index < -0.39 is 6.36 Å². The lowest BCUT2D eigenvalue weighted by Gasteiger charge is -2.10. The van der Waals surface area contributed by atoms with Gasteiger partial charge in [0.1, 0.15) is 5.75 Å². The molecule has 0 bridgehead atoms. The predicted molar refractivity (Wildman–Crippen MR) is 49.2 cm³/mol. The summed E-state index contributed by atoms with van der Waals surface area (Å²) < 4.78 is 39.6. The van der Waals surface area contributed by atoms with Crippen LogP contribution in [0.3, 0.4) is 0 Å². The fourth-order valence-electron chi connectivity index (χ4n) is 1.02. The lowest BCUT2D eigenvalue weighted by atomic mass is 10.2. The molecule has 1 N–H and O–H groups in total. The molecule has 82 valence electrons. The van der Waals surface area contributed by atoms with Gasteiger partial charge in [-0.05, 0) is 6.07 Å². The zero-order chi connectivity index (χ0) is 11.3. The average molecular weight is 218 g/mol. The van der Waals surface area contributed by atoms with E-state index >= 15 is 0 Å². The van der Waals surface area contributed by atoms with E-state index in [-0.39, 0.29) is 17.9 Å². The van der Waals surface area contributed by atoms with Gasteiger partial charge in [0.05, 0.1) is 6.61 Å². The first-order chi connectivity index (χ1) is 7.03. The monoisotopic (exact) mass is 218 g/mol. The van der Waals surface area contributed by atoms with Crippen molar-refractivity contribution in [1.29, 1.82) is 0 Å². The summed E-state index contributed by atoms with van der Waals surface area (Å²) in [7, 11) is 0. The summed E-state index contributed by atoms with van der Waals surface area (Å²) in [6, 6.07) is 5.70. The van der Waals surface area contributed by atoms with E-state index in [0.29, 0.717) is 0 Å². The Bertz CT molecular complexity index is 345. The zero-order valence-electron chi connectivity index (χ0n) is 7.66. The third-order valence-corrected chi connectivity index (χ3v) is 1.55. The lowest BCUT2D eigenvalue weighted by Crippen LogP contribution is -2.17. The second kappa shape index (κ2) is 4.84. The SMILES string of the molecule is OCC=Cc1ccccc1OC(F)(F)F. The topological polar surface area (TPSA) is 29.5 Å². The first-order valence-electron chi connectivity index (χ1n) is 4.15. The molecule has 15 heavy (non-hydrogen) atoms. The molecule has 0 aromatic heterocycles. The number of aliphatic hydroxyl groups is 1. The summed E-state index contributed by atoms with van der Waals surface area (Å²) in [6.07, 6.45) is -2.01. The Hall–Kier alpha value is -1.49. The lowest BCUT2D eigenvalue weighted by molar-refractivity contribution is -0.274. The van der Waals surface area contributed by atoms with E-state index in [1.54, 1.807) is 6.07 Å². The number of halogens is 3. The molecule has 1 aromatic carbocycles. The Morgan fingerprint density at radius 1 is 1.27 bits per heavy atom. The minimum atomic E-state index is -4.71. The van der Waals surface area contributed by atoms with E-state index in [2.05, 4.69) is 4.74 Å². The quantitative estimate of drug-likeness (QED) is 0.844. The standard InChI is InChI=1S/C10H9F3O2/c11-10(12,13)15-9-6-2-1-4-8(9)5-3-7-14/h1-6,14H,7H2. The van der Waals surface area contributed by atoms with E-state index in [1.165, 1.54) is 30.4 Å². The van der Waals surface area contributed by atoms with Crippen LogP contribution in [0.1, 0.15) is 5.56 Å². The molecule has 2 nitrogen and oxygen atoms in total. The van der Waals surface area contributed by atoms with E-state index in [0.717, 1.165) is 0 Å². The van der Waals surface area contributed by atoms with Crippen molar-refractivity contribution in [1.82, 2.24) is 0 Å². The van der Waals surface area contributed by atoms with E-state index in [1.807, 2.05) is 0 Å². The summed E-state index contributed by atoms with van der Waals surface area (Å²) >= 11 is 0. The minimum Gasteiger partial charge on any atom is -0.405 e. The van der Waals surface area contributed by atoms with Crippen LogP contribution in [0.15, 0.2) is 30.3 Å². The zero-order valence-corrected chi connectivity index (χ0v) is 7.66. The van der Waals surface area contributed by atoms with Crippen LogP contribution < -0.4 is 4.74 Å². The van der Waals surface area contributed by atoms with Crippen molar-refractivity contribution in [3.63, 3.8) is 0 Å². The maximum atomic E-state index is 11.9. The molecule has 0 amide bonds. The number of rotatable bonds is 3. The number of hydrogen-bond donors (Lipinski definition) is 1. The molecule has 0 heterocycles. The first kappa shape index (κ1) is 11.6. The molecule has 0 spiro atoms. The molecular weight excluding hydrogens is 209 g/mol. The Labute approximate surface area is 84.6 Å². The van der Waals surface area contributed by atoms with Gasteiger partial charge < -0.3 is 9.84 Å². The molecule has 0 aliphatic rings. The molecule has 0 unspecified atom stereocenters. The van der Waals surface area contributed by atoms with Crippen molar-refractivity contribution >= 4 is 6.08 Å². The Kier molecular flexibility index (Phi) is 3.74. The predicted octanol–water partition coefficient (Wildman–Crippen LogP) is 2.59. The molecule has 1 rings (SSSR count). The minimum absolute atomic E-state index is 0.236. The average Bonchev–Trinajstić information content (AvgIpc) is 2.14. The Morgan fingerprint density at radius 3 is 2.53 bits per heavy atom. The molecule has 0 atom stereocenters.